The standard InChI is InChI=1S/C23H35N5O/c1-19-24-23(26-25-19)18-27-12-4-5-14-28-13-3-2-8-21(28)11-10-20-7-6-9-22(17-20)29-16-15-27/h6-7,9,17,21H,2-5,8,10-16,18H2,1H3,(H,24,25,26). The van der Waals surface area contributed by atoms with Gasteiger partial charge in [0.1, 0.15) is 18.2 Å². The first-order valence-corrected chi connectivity index (χ1v) is 11.3. The van der Waals surface area contributed by atoms with E-state index >= 15 is 0 Å². The second-order valence-corrected chi connectivity index (χ2v) is 8.54. The summed E-state index contributed by atoms with van der Waals surface area (Å²) in [5, 5.41) is 7.28. The van der Waals surface area contributed by atoms with Crippen molar-refractivity contribution in [2.75, 3.05) is 32.8 Å². The van der Waals surface area contributed by atoms with Crippen LogP contribution in [0.15, 0.2) is 24.3 Å². The molecule has 1 aromatic carbocycles. The van der Waals surface area contributed by atoms with Crippen molar-refractivity contribution in [3.8, 4) is 5.75 Å². The largest absolute Gasteiger partial charge is 0.492 e. The van der Waals surface area contributed by atoms with E-state index in [-0.39, 0.29) is 0 Å². The van der Waals surface area contributed by atoms with Crippen LogP contribution in [-0.4, -0.2) is 63.8 Å². The molecule has 4 rings (SSSR count). The highest BCUT2D eigenvalue weighted by Crippen LogP contribution is 2.23. The van der Waals surface area contributed by atoms with Gasteiger partial charge in [0, 0.05) is 12.6 Å². The summed E-state index contributed by atoms with van der Waals surface area (Å²) in [6, 6.07) is 9.43. The summed E-state index contributed by atoms with van der Waals surface area (Å²) >= 11 is 0. The van der Waals surface area contributed by atoms with Crippen molar-refractivity contribution >= 4 is 0 Å². The number of ether oxygens (including phenoxy) is 1. The van der Waals surface area contributed by atoms with Crippen LogP contribution in [0.4, 0.5) is 0 Å². The van der Waals surface area contributed by atoms with Crippen LogP contribution in [0.5, 0.6) is 5.75 Å². The van der Waals surface area contributed by atoms with E-state index in [2.05, 4.69) is 49.2 Å². The highest BCUT2D eigenvalue weighted by atomic mass is 16.5. The number of H-pyrrole nitrogens is 1. The second-order valence-electron chi connectivity index (χ2n) is 8.54. The van der Waals surface area contributed by atoms with E-state index in [9.17, 15) is 0 Å². The van der Waals surface area contributed by atoms with E-state index in [4.69, 9.17) is 4.74 Å². The summed E-state index contributed by atoms with van der Waals surface area (Å²) < 4.78 is 6.10. The SMILES string of the molecule is Cc1nc(CN2CCCCN3CCCCC3CCc3cccc(c3)OCC2)n[nH]1. The fraction of sp³-hybridized carbons (Fsp3) is 0.652. The van der Waals surface area contributed by atoms with Gasteiger partial charge in [0.2, 0.25) is 0 Å². The van der Waals surface area contributed by atoms with Gasteiger partial charge in [-0.05, 0) is 82.8 Å². The lowest BCUT2D eigenvalue weighted by molar-refractivity contribution is 0.134. The van der Waals surface area contributed by atoms with Crippen LogP contribution in [0.1, 0.15) is 55.7 Å². The summed E-state index contributed by atoms with van der Waals surface area (Å²) in [6.45, 7) is 7.89. The van der Waals surface area contributed by atoms with Crippen molar-refractivity contribution in [3.05, 3.63) is 41.5 Å². The summed E-state index contributed by atoms with van der Waals surface area (Å²) in [4.78, 5) is 9.68. The van der Waals surface area contributed by atoms with E-state index < -0.39 is 0 Å². The molecule has 1 aromatic heterocycles. The molecule has 6 nitrogen and oxygen atoms in total. The number of rotatable bonds is 2. The minimum Gasteiger partial charge on any atom is -0.492 e. The number of aromatic nitrogens is 3. The molecule has 1 atom stereocenters. The molecule has 158 valence electrons. The Kier molecular flexibility index (Phi) is 7.17. The number of aryl methyl sites for hydroxylation is 2. The molecular formula is C23H35N5O. The van der Waals surface area contributed by atoms with Gasteiger partial charge in [-0.15, -0.1) is 0 Å². The van der Waals surface area contributed by atoms with Crippen LogP contribution >= 0.6 is 0 Å². The van der Waals surface area contributed by atoms with Gasteiger partial charge in [0.15, 0.2) is 5.82 Å². The van der Waals surface area contributed by atoms with E-state index in [1.54, 1.807) is 0 Å². The lowest BCUT2D eigenvalue weighted by atomic mass is 9.95. The zero-order chi connectivity index (χ0) is 19.9. The number of benzene rings is 1. The van der Waals surface area contributed by atoms with Gasteiger partial charge in [-0.2, -0.15) is 5.10 Å². The lowest BCUT2D eigenvalue weighted by Crippen LogP contribution is -2.40. The number of nitrogens with one attached hydrogen (secondary N) is 1. The van der Waals surface area contributed by atoms with Crippen LogP contribution in [0.25, 0.3) is 0 Å². The van der Waals surface area contributed by atoms with Crippen LogP contribution in [-0.2, 0) is 13.0 Å². The first-order chi connectivity index (χ1) is 14.3. The normalized spacial score (nSPS) is 22.9. The van der Waals surface area contributed by atoms with E-state index in [1.807, 2.05) is 6.92 Å². The predicted molar refractivity (Wildman–Crippen MR) is 115 cm³/mol. The maximum atomic E-state index is 6.10. The van der Waals surface area contributed by atoms with Gasteiger partial charge in [0.05, 0.1) is 6.54 Å². The zero-order valence-corrected chi connectivity index (χ0v) is 17.8. The average Bonchev–Trinajstić information content (AvgIpc) is 3.14. The minimum atomic E-state index is 0.696. The van der Waals surface area contributed by atoms with Crippen LogP contribution in [0, 0.1) is 6.92 Å². The van der Waals surface area contributed by atoms with Crippen molar-refractivity contribution < 1.29 is 4.74 Å². The Hall–Kier alpha value is -1.92. The molecule has 0 amide bonds. The molecule has 2 aliphatic heterocycles. The lowest BCUT2D eigenvalue weighted by Gasteiger charge is -2.36. The number of hydrogen-bond acceptors (Lipinski definition) is 5. The van der Waals surface area contributed by atoms with Crippen molar-refractivity contribution in [3.63, 3.8) is 0 Å². The first kappa shape index (κ1) is 20.4. The van der Waals surface area contributed by atoms with E-state index in [1.165, 1.54) is 57.2 Å². The third-order valence-electron chi connectivity index (χ3n) is 6.27. The molecule has 0 radical (unpaired) electrons. The highest BCUT2D eigenvalue weighted by Gasteiger charge is 2.22. The predicted octanol–water partition coefficient (Wildman–Crippen LogP) is 3.58. The Labute approximate surface area is 174 Å². The summed E-state index contributed by atoms with van der Waals surface area (Å²) in [5.74, 6) is 2.74. The Morgan fingerprint density at radius 2 is 1.93 bits per heavy atom. The summed E-state index contributed by atoms with van der Waals surface area (Å²) in [7, 11) is 0. The zero-order valence-electron chi connectivity index (χ0n) is 17.8. The van der Waals surface area contributed by atoms with Gasteiger partial charge < -0.3 is 9.64 Å². The molecule has 0 aliphatic carbocycles. The maximum Gasteiger partial charge on any atom is 0.164 e. The Bertz CT molecular complexity index is 761. The van der Waals surface area contributed by atoms with Crippen molar-refractivity contribution in [2.24, 2.45) is 0 Å². The fourth-order valence-corrected chi connectivity index (χ4v) is 4.68. The maximum absolute atomic E-state index is 6.10. The van der Waals surface area contributed by atoms with Gasteiger partial charge >= 0.3 is 0 Å². The van der Waals surface area contributed by atoms with Gasteiger partial charge in [0.25, 0.3) is 0 Å². The van der Waals surface area contributed by atoms with Crippen LogP contribution in [0.3, 0.4) is 0 Å². The summed E-state index contributed by atoms with van der Waals surface area (Å²) in [6.07, 6.45) is 8.97. The molecular weight excluding hydrogens is 362 g/mol. The second kappa shape index (κ2) is 10.2. The van der Waals surface area contributed by atoms with Crippen molar-refractivity contribution in [1.29, 1.82) is 0 Å². The quantitative estimate of drug-likeness (QED) is 0.839. The number of nitrogens with zero attached hydrogens (tertiary/aromatic N) is 4. The van der Waals surface area contributed by atoms with Gasteiger partial charge in [-0.25, -0.2) is 4.98 Å². The van der Waals surface area contributed by atoms with Crippen molar-refractivity contribution in [1.82, 2.24) is 25.0 Å². The van der Waals surface area contributed by atoms with E-state index in [0.29, 0.717) is 6.61 Å². The molecule has 1 unspecified atom stereocenters. The third-order valence-corrected chi connectivity index (χ3v) is 6.27. The Morgan fingerprint density at radius 1 is 1.07 bits per heavy atom. The number of hydrogen-bond donors (Lipinski definition) is 1. The number of aromatic amines is 1. The fourth-order valence-electron chi connectivity index (χ4n) is 4.68. The molecule has 3 heterocycles. The van der Waals surface area contributed by atoms with Crippen molar-refractivity contribution in [2.45, 2.75) is 64.5 Å². The average molecular weight is 398 g/mol. The van der Waals surface area contributed by atoms with E-state index in [0.717, 1.165) is 49.5 Å². The molecule has 0 saturated carbocycles. The Morgan fingerprint density at radius 3 is 2.79 bits per heavy atom. The molecule has 1 fully saturated rings. The number of fused-ring (bicyclic) bond motifs is 3. The monoisotopic (exact) mass is 397 g/mol. The molecule has 1 saturated heterocycles. The minimum absolute atomic E-state index is 0.696. The van der Waals surface area contributed by atoms with Crippen LogP contribution < -0.4 is 4.74 Å². The van der Waals surface area contributed by atoms with Gasteiger partial charge in [-0.1, -0.05) is 18.6 Å². The van der Waals surface area contributed by atoms with Crippen LogP contribution in [0.2, 0.25) is 0 Å². The smallest absolute Gasteiger partial charge is 0.164 e. The summed E-state index contributed by atoms with van der Waals surface area (Å²) in [5.41, 5.74) is 1.40. The third kappa shape index (κ3) is 6.03. The molecule has 2 aromatic rings. The topological polar surface area (TPSA) is 57.3 Å². The molecule has 6 heteroatoms. The molecule has 29 heavy (non-hydrogen) atoms. The molecule has 0 spiro atoms. The number of piperidine rings is 1. The molecule has 2 bridgehead atoms. The van der Waals surface area contributed by atoms with Gasteiger partial charge in [-0.3, -0.25) is 10.00 Å². The Balaban J connectivity index is 1.44. The molecule has 2 aliphatic rings. The first-order valence-electron chi connectivity index (χ1n) is 11.3. The highest BCUT2D eigenvalue weighted by molar-refractivity contribution is 5.28. The molecule has 1 N–H and O–H groups in total.